The lowest BCUT2D eigenvalue weighted by Gasteiger charge is -2.06. The smallest absolute Gasteiger partial charge is 0.311 e. The molecule has 88 valence electrons. The third kappa shape index (κ3) is 2.77. The number of halogens is 1. The van der Waals surface area contributed by atoms with E-state index in [1.54, 1.807) is 11.7 Å². The average molecular weight is 315 g/mol. The summed E-state index contributed by atoms with van der Waals surface area (Å²) in [6.07, 6.45) is 4.46. The Morgan fingerprint density at radius 1 is 1.41 bits per heavy atom. The molecule has 0 spiro atoms. The summed E-state index contributed by atoms with van der Waals surface area (Å²) in [6.45, 7) is 0.494. The minimum atomic E-state index is -0.466. The molecule has 0 aliphatic heterocycles. The number of thiazole rings is 1. The number of aromatic nitrogens is 2. The monoisotopic (exact) mass is 314 g/mol. The molecule has 0 saturated heterocycles. The van der Waals surface area contributed by atoms with Gasteiger partial charge < -0.3 is 5.32 Å². The van der Waals surface area contributed by atoms with E-state index in [9.17, 15) is 10.1 Å². The highest BCUT2D eigenvalue weighted by Gasteiger charge is 2.16. The van der Waals surface area contributed by atoms with Crippen LogP contribution in [-0.2, 0) is 6.54 Å². The molecular formula is C9H7BrN4O2S. The first-order valence-corrected chi connectivity index (χ1v) is 6.25. The Morgan fingerprint density at radius 3 is 2.88 bits per heavy atom. The van der Waals surface area contributed by atoms with Crippen LogP contribution in [0.15, 0.2) is 28.6 Å². The molecule has 0 saturated carbocycles. The topological polar surface area (TPSA) is 81.0 Å². The Balaban J connectivity index is 2.22. The fraction of sp³-hybridized carbons (Fsp3) is 0.111. The van der Waals surface area contributed by atoms with Crippen LogP contribution >= 0.6 is 27.3 Å². The van der Waals surface area contributed by atoms with Crippen LogP contribution in [0.1, 0.15) is 4.88 Å². The van der Waals surface area contributed by atoms with E-state index < -0.39 is 4.92 Å². The molecule has 0 aromatic carbocycles. The van der Waals surface area contributed by atoms with E-state index in [4.69, 9.17) is 0 Å². The van der Waals surface area contributed by atoms with Crippen molar-refractivity contribution < 1.29 is 4.92 Å². The van der Waals surface area contributed by atoms with Gasteiger partial charge in [-0.15, -0.1) is 11.3 Å². The molecule has 0 atom stereocenters. The van der Waals surface area contributed by atoms with Crippen LogP contribution in [0.5, 0.6) is 0 Å². The van der Waals surface area contributed by atoms with Crippen LogP contribution < -0.4 is 5.32 Å². The lowest BCUT2D eigenvalue weighted by atomic mass is 10.3. The first-order valence-electron chi connectivity index (χ1n) is 4.57. The largest absolute Gasteiger partial charge is 0.374 e. The first kappa shape index (κ1) is 11.9. The second kappa shape index (κ2) is 5.19. The van der Waals surface area contributed by atoms with Crippen LogP contribution in [0, 0.1) is 10.1 Å². The summed E-state index contributed by atoms with van der Waals surface area (Å²) in [7, 11) is 0. The quantitative estimate of drug-likeness (QED) is 0.693. The molecule has 0 radical (unpaired) electrons. The molecule has 2 rings (SSSR count). The molecular weight excluding hydrogens is 308 g/mol. The first-order chi connectivity index (χ1) is 8.18. The Kier molecular flexibility index (Phi) is 3.64. The van der Waals surface area contributed by atoms with Crippen molar-refractivity contribution in [3.8, 4) is 0 Å². The summed E-state index contributed by atoms with van der Waals surface area (Å²) in [4.78, 5) is 19.1. The van der Waals surface area contributed by atoms with Crippen molar-refractivity contribution in [1.29, 1.82) is 0 Å². The second-order valence-corrected chi connectivity index (χ2v) is 4.92. The summed E-state index contributed by atoms with van der Waals surface area (Å²) in [6, 6.07) is 0. The molecule has 0 aliphatic carbocycles. The van der Waals surface area contributed by atoms with Crippen molar-refractivity contribution in [1.82, 2.24) is 9.97 Å². The van der Waals surface area contributed by atoms with Gasteiger partial charge in [-0.05, 0) is 15.9 Å². The van der Waals surface area contributed by atoms with Crippen LogP contribution in [-0.4, -0.2) is 14.9 Å². The lowest BCUT2D eigenvalue weighted by molar-refractivity contribution is -0.384. The molecule has 2 heterocycles. The molecule has 8 heteroatoms. The zero-order valence-electron chi connectivity index (χ0n) is 8.46. The Morgan fingerprint density at radius 2 is 2.24 bits per heavy atom. The van der Waals surface area contributed by atoms with Crippen molar-refractivity contribution >= 4 is 38.6 Å². The molecule has 2 aromatic heterocycles. The maximum Gasteiger partial charge on any atom is 0.311 e. The molecule has 6 nitrogen and oxygen atoms in total. The zero-order chi connectivity index (χ0) is 12.3. The summed E-state index contributed by atoms with van der Waals surface area (Å²) in [5.41, 5.74) is 2.09. The van der Waals surface area contributed by atoms with Gasteiger partial charge in [0.2, 0.25) is 0 Å². The second-order valence-electron chi connectivity index (χ2n) is 3.09. The summed E-state index contributed by atoms with van der Waals surface area (Å²) in [5, 5.41) is 13.8. The van der Waals surface area contributed by atoms with Crippen molar-refractivity contribution in [2.45, 2.75) is 6.54 Å². The molecule has 17 heavy (non-hydrogen) atoms. The van der Waals surface area contributed by atoms with E-state index in [-0.39, 0.29) is 5.69 Å². The van der Waals surface area contributed by atoms with Crippen LogP contribution in [0.25, 0.3) is 0 Å². The number of hydrogen-bond donors (Lipinski definition) is 1. The van der Waals surface area contributed by atoms with Gasteiger partial charge in [0, 0.05) is 17.3 Å². The van der Waals surface area contributed by atoms with E-state index in [1.165, 1.54) is 23.7 Å². The van der Waals surface area contributed by atoms with Gasteiger partial charge in [-0.25, -0.2) is 0 Å². The number of pyridine rings is 1. The number of anilines is 1. The normalized spacial score (nSPS) is 10.2. The van der Waals surface area contributed by atoms with E-state index in [0.717, 1.165) is 4.88 Å². The van der Waals surface area contributed by atoms with E-state index in [0.29, 0.717) is 16.7 Å². The maximum absolute atomic E-state index is 10.8. The third-order valence-corrected chi connectivity index (χ3v) is 3.38. The predicted molar refractivity (Wildman–Crippen MR) is 68.0 cm³/mol. The third-order valence-electron chi connectivity index (χ3n) is 2.00. The van der Waals surface area contributed by atoms with Gasteiger partial charge in [0.25, 0.3) is 0 Å². The Hall–Kier alpha value is -1.54. The minimum Gasteiger partial charge on any atom is -0.374 e. The molecule has 2 aromatic rings. The molecule has 0 aliphatic rings. The SMILES string of the molecule is O=[N+]([O-])c1cncc(Br)c1NCc1cncs1. The molecule has 0 amide bonds. The van der Waals surface area contributed by atoms with Crippen molar-refractivity contribution in [3.63, 3.8) is 0 Å². The van der Waals surface area contributed by atoms with E-state index in [1.807, 2.05) is 0 Å². The minimum absolute atomic E-state index is 0.0520. The number of rotatable bonds is 4. The van der Waals surface area contributed by atoms with Gasteiger partial charge >= 0.3 is 5.69 Å². The fourth-order valence-electron chi connectivity index (χ4n) is 1.24. The predicted octanol–water partition coefficient (Wildman–Crippen LogP) is 2.82. The van der Waals surface area contributed by atoms with Gasteiger partial charge in [0.1, 0.15) is 11.9 Å². The summed E-state index contributed by atoms with van der Waals surface area (Å²) < 4.78 is 0.566. The van der Waals surface area contributed by atoms with Gasteiger partial charge in [0.15, 0.2) is 0 Å². The molecule has 0 fully saturated rings. The number of nitro groups is 1. The van der Waals surface area contributed by atoms with Crippen LogP contribution in [0.4, 0.5) is 11.4 Å². The Labute approximate surface area is 109 Å². The highest BCUT2D eigenvalue weighted by Crippen LogP contribution is 2.31. The number of hydrogen-bond acceptors (Lipinski definition) is 6. The van der Waals surface area contributed by atoms with E-state index in [2.05, 4.69) is 31.2 Å². The number of nitrogens with one attached hydrogen (secondary N) is 1. The molecule has 1 N–H and O–H groups in total. The standard InChI is InChI=1S/C9H7BrN4O2S/c10-7-3-11-4-8(14(15)16)9(7)13-2-6-1-12-5-17-6/h1,3-5H,2H2,(H,11,13). The zero-order valence-corrected chi connectivity index (χ0v) is 10.9. The van der Waals surface area contributed by atoms with Gasteiger partial charge in [-0.2, -0.15) is 0 Å². The molecule has 0 unspecified atom stereocenters. The summed E-state index contributed by atoms with van der Waals surface area (Å²) in [5.74, 6) is 0. The average Bonchev–Trinajstić information content (AvgIpc) is 2.80. The highest BCUT2D eigenvalue weighted by molar-refractivity contribution is 9.10. The lowest BCUT2D eigenvalue weighted by Crippen LogP contribution is -2.03. The van der Waals surface area contributed by atoms with Gasteiger partial charge in [0.05, 0.1) is 21.5 Å². The summed E-state index contributed by atoms with van der Waals surface area (Å²) >= 11 is 4.73. The van der Waals surface area contributed by atoms with E-state index >= 15 is 0 Å². The van der Waals surface area contributed by atoms with Crippen LogP contribution in [0.2, 0.25) is 0 Å². The van der Waals surface area contributed by atoms with Gasteiger partial charge in [-0.1, -0.05) is 0 Å². The van der Waals surface area contributed by atoms with Crippen molar-refractivity contribution in [2.24, 2.45) is 0 Å². The molecule has 0 bridgehead atoms. The fourth-order valence-corrected chi connectivity index (χ4v) is 2.24. The van der Waals surface area contributed by atoms with Crippen LogP contribution in [0.3, 0.4) is 0 Å². The van der Waals surface area contributed by atoms with Crippen molar-refractivity contribution in [3.05, 3.63) is 43.6 Å². The Bertz CT molecular complexity index is 532. The maximum atomic E-state index is 10.8. The van der Waals surface area contributed by atoms with Gasteiger partial charge in [-0.3, -0.25) is 20.1 Å². The number of nitrogens with zero attached hydrogens (tertiary/aromatic N) is 3. The highest BCUT2D eigenvalue weighted by atomic mass is 79.9. The van der Waals surface area contributed by atoms with Crippen molar-refractivity contribution in [2.75, 3.05) is 5.32 Å².